The van der Waals surface area contributed by atoms with Crippen molar-refractivity contribution in [2.45, 2.75) is 20.3 Å². The number of carbonyl (C=O) groups excluding carboxylic acids is 1. The second-order valence-electron chi connectivity index (χ2n) is 5.65. The van der Waals surface area contributed by atoms with E-state index in [9.17, 15) is 9.59 Å². The number of anilines is 1. The molecule has 1 amide bonds. The smallest absolute Gasteiger partial charge is 0.295 e. The Balaban J connectivity index is 1.76. The van der Waals surface area contributed by atoms with Crippen molar-refractivity contribution in [3.05, 3.63) is 57.0 Å². The number of aromatic amines is 1. The summed E-state index contributed by atoms with van der Waals surface area (Å²) in [5.74, 6) is 0.243. The highest BCUT2D eigenvalue weighted by molar-refractivity contribution is 7.15. The number of rotatable bonds is 3. The van der Waals surface area contributed by atoms with Crippen LogP contribution in [0.4, 0.5) is 5.82 Å². The van der Waals surface area contributed by atoms with Gasteiger partial charge < -0.3 is 10.3 Å². The zero-order chi connectivity index (χ0) is 17.6. The molecule has 4 rings (SSSR count). The number of nitrogens with one attached hydrogen (secondary N) is 2. The van der Waals surface area contributed by atoms with Crippen molar-refractivity contribution in [3.8, 4) is 0 Å². The monoisotopic (exact) mass is 353 g/mol. The molecule has 25 heavy (non-hydrogen) atoms. The number of aromatic nitrogens is 4. The fraction of sp³-hybridized carbons (Fsp3) is 0.176. The number of thiazole rings is 1. The first-order valence-corrected chi connectivity index (χ1v) is 8.72. The average molecular weight is 353 g/mol. The molecule has 3 aromatic heterocycles. The fourth-order valence-electron chi connectivity index (χ4n) is 2.86. The molecule has 0 atom stereocenters. The van der Waals surface area contributed by atoms with Gasteiger partial charge in [0.1, 0.15) is 17.2 Å². The molecule has 0 aliphatic carbocycles. The maximum atomic E-state index is 12.8. The van der Waals surface area contributed by atoms with Gasteiger partial charge in [-0.25, -0.2) is 0 Å². The Hall–Kier alpha value is -3.00. The van der Waals surface area contributed by atoms with Gasteiger partial charge >= 0.3 is 0 Å². The van der Waals surface area contributed by atoms with Crippen molar-refractivity contribution in [2.75, 3.05) is 5.32 Å². The van der Waals surface area contributed by atoms with E-state index in [0.29, 0.717) is 16.5 Å². The summed E-state index contributed by atoms with van der Waals surface area (Å²) >= 11 is 1.25. The molecule has 0 bridgehead atoms. The molecule has 2 N–H and O–H groups in total. The Morgan fingerprint density at radius 3 is 2.96 bits per heavy atom. The standard InChI is InChI=1S/C17H15N5O2S/c1-3-10-11-6-4-5-7-12(11)18-14(10)16(24)19-13-8-25-17-20-15(23)9(2)21-22(13)17/h4-8,18H,3H2,1-2H3,(H,19,24). The molecule has 7 nitrogen and oxygen atoms in total. The van der Waals surface area contributed by atoms with Crippen LogP contribution in [0.3, 0.4) is 0 Å². The molecule has 0 aliphatic heterocycles. The first-order valence-electron chi connectivity index (χ1n) is 7.84. The lowest BCUT2D eigenvalue weighted by molar-refractivity contribution is 0.102. The number of hydrogen-bond acceptors (Lipinski definition) is 5. The number of aryl methyl sites for hydroxylation is 2. The molecule has 126 valence electrons. The minimum atomic E-state index is -0.358. The molecule has 0 saturated heterocycles. The van der Waals surface area contributed by atoms with Crippen molar-refractivity contribution in [2.24, 2.45) is 0 Å². The zero-order valence-electron chi connectivity index (χ0n) is 13.7. The van der Waals surface area contributed by atoms with E-state index in [1.54, 1.807) is 12.3 Å². The van der Waals surface area contributed by atoms with E-state index >= 15 is 0 Å². The van der Waals surface area contributed by atoms with Crippen LogP contribution in [0.5, 0.6) is 0 Å². The summed E-state index contributed by atoms with van der Waals surface area (Å²) in [6.45, 7) is 3.61. The van der Waals surface area contributed by atoms with Gasteiger partial charge in [0.25, 0.3) is 11.5 Å². The lowest BCUT2D eigenvalue weighted by Gasteiger charge is -2.05. The van der Waals surface area contributed by atoms with E-state index in [0.717, 1.165) is 22.9 Å². The van der Waals surface area contributed by atoms with Crippen molar-refractivity contribution in [1.82, 2.24) is 19.6 Å². The number of nitrogens with zero attached hydrogens (tertiary/aromatic N) is 3. The van der Waals surface area contributed by atoms with Crippen molar-refractivity contribution < 1.29 is 4.79 Å². The summed E-state index contributed by atoms with van der Waals surface area (Å²) in [6.07, 6.45) is 0.739. The SMILES string of the molecule is CCc1c(C(=O)Nc2csc3nc(=O)c(C)nn23)[nH]c2ccccc12. The van der Waals surface area contributed by atoms with Crippen LogP contribution in [0.15, 0.2) is 34.4 Å². The van der Waals surface area contributed by atoms with Gasteiger partial charge in [0, 0.05) is 16.3 Å². The molecular weight excluding hydrogens is 338 g/mol. The number of benzene rings is 1. The van der Waals surface area contributed by atoms with Gasteiger partial charge in [-0.1, -0.05) is 25.1 Å². The number of carbonyl (C=O) groups is 1. The van der Waals surface area contributed by atoms with Gasteiger partial charge in [-0.3, -0.25) is 9.59 Å². The van der Waals surface area contributed by atoms with E-state index < -0.39 is 0 Å². The first kappa shape index (κ1) is 15.5. The molecule has 0 aliphatic rings. The van der Waals surface area contributed by atoms with Crippen LogP contribution in [0, 0.1) is 6.92 Å². The molecule has 0 spiro atoms. The van der Waals surface area contributed by atoms with Crippen LogP contribution in [-0.2, 0) is 6.42 Å². The number of H-pyrrole nitrogens is 1. The second kappa shape index (κ2) is 5.82. The van der Waals surface area contributed by atoms with Crippen molar-refractivity contribution >= 4 is 38.9 Å². The second-order valence-corrected chi connectivity index (χ2v) is 6.49. The predicted octanol–water partition coefficient (Wildman–Crippen LogP) is 2.76. The van der Waals surface area contributed by atoms with Gasteiger partial charge in [0.2, 0.25) is 4.96 Å². The summed E-state index contributed by atoms with van der Waals surface area (Å²) in [5.41, 5.74) is 2.37. The molecule has 0 fully saturated rings. The highest BCUT2D eigenvalue weighted by Crippen LogP contribution is 2.24. The molecule has 4 aromatic rings. The molecule has 0 saturated carbocycles. The van der Waals surface area contributed by atoms with Gasteiger partial charge in [0.15, 0.2) is 0 Å². The number of para-hydroxylation sites is 1. The largest absolute Gasteiger partial charge is 0.350 e. The Kier molecular flexibility index (Phi) is 3.61. The maximum absolute atomic E-state index is 12.8. The fourth-order valence-corrected chi connectivity index (χ4v) is 3.62. The van der Waals surface area contributed by atoms with E-state index in [-0.39, 0.29) is 17.2 Å². The summed E-state index contributed by atoms with van der Waals surface area (Å²) in [5, 5.41) is 9.83. The van der Waals surface area contributed by atoms with Crippen LogP contribution in [0.2, 0.25) is 0 Å². The lowest BCUT2D eigenvalue weighted by atomic mass is 10.1. The predicted molar refractivity (Wildman–Crippen MR) is 97.5 cm³/mol. The maximum Gasteiger partial charge on any atom is 0.295 e. The minimum Gasteiger partial charge on any atom is -0.350 e. The number of fused-ring (bicyclic) bond motifs is 2. The van der Waals surface area contributed by atoms with Gasteiger partial charge in [0.05, 0.1) is 0 Å². The molecule has 3 heterocycles. The van der Waals surface area contributed by atoms with Crippen LogP contribution >= 0.6 is 11.3 Å². The summed E-state index contributed by atoms with van der Waals surface area (Å²) in [4.78, 5) is 32.0. The highest BCUT2D eigenvalue weighted by atomic mass is 32.1. The molecule has 0 unspecified atom stereocenters. The highest BCUT2D eigenvalue weighted by Gasteiger charge is 2.18. The minimum absolute atomic E-state index is 0.245. The van der Waals surface area contributed by atoms with Gasteiger partial charge in [-0.2, -0.15) is 14.6 Å². The van der Waals surface area contributed by atoms with Crippen molar-refractivity contribution in [1.29, 1.82) is 0 Å². The Labute approximate surface area is 146 Å². The Bertz CT molecular complexity index is 1170. The van der Waals surface area contributed by atoms with E-state index in [1.807, 2.05) is 31.2 Å². The van der Waals surface area contributed by atoms with Crippen LogP contribution in [0.1, 0.15) is 28.7 Å². The average Bonchev–Trinajstić information content (AvgIpc) is 3.17. The molecule has 8 heteroatoms. The quantitative estimate of drug-likeness (QED) is 0.592. The Morgan fingerprint density at radius 2 is 2.16 bits per heavy atom. The summed E-state index contributed by atoms with van der Waals surface area (Å²) in [6, 6.07) is 7.84. The van der Waals surface area contributed by atoms with Gasteiger partial charge in [-0.05, 0) is 25.0 Å². The van der Waals surface area contributed by atoms with Crippen LogP contribution in [0.25, 0.3) is 15.9 Å². The van der Waals surface area contributed by atoms with Crippen LogP contribution < -0.4 is 10.9 Å². The first-order chi connectivity index (χ1) is 12.1. The molecule has 0 radical (unpaired) electrons. The summed E-state index contributed by atoms with van der Waals surface area (Å²) < 4.78 is 1.48. The Morgan fingerprint density at radius 1 is 1.36 bits per heavy atom. The third-order valence-electron chi connectivity index (χ3n) is 4.08. The van der Waals surface area contributed by atoms with E-state index in [2.05, 4.69) is 20.4 Å². The molecule has 1 aromatic carbocycles. The number of amides is 1. The zero-order valence-corrected chi connectivity index (χ0v) is 14.5. The van der Waals surface area contributed by atoms with Crippen molar-refractivity contribution in [3.63, 3.8) is 0 Å². The normalized spacial score (nSPS) is 11.3. The third-order valence-corrected chi connectivity index (χ3v) is 4.89. The topological polar surface area (TPSA) is 92.2 Å². The molecular formula is C17H15N5O2S. The number of hydrogen-bond donors (Lipinski definition) is 2. The third kappa shape index (κ3) is 2.51. The van der Waals surface area contributed by atoms with Gasteiger partial charge in [-0.15, -0.1) is 11.3 Å². The lowest BCUT2D eigenvalue weighted by Crippen LogP contribution is -2.19. The van der Waals surface area contributed by atoms with E-state index in [4.69, 9.17) is 0 Å². The van der Waals surface area contributed by atoms with E-state index in [1.165, 1.54) is 15.9 Å². The summed E-state index contributed by atoms with van der Waals surface area (Å²) in [7, 11) is 0. The van der Waals surface area contributed by atoms with Crippen LogP contribution in [-0.4, -0.2) is 25.5 Å².